The van der Waals surface area contributed by atoms with Gasteiger partial charge in [-0.1, -0.05) is 20.3 Å². The Kier molecular flexibility index (Phi) is 5.11. The number of hydrogen-bond acceptors (Lipinski definition) is 6. The maximum absolute atomic E-state index is 5.57. The Morgan fingerprint density at radius 1 is 1.41 bits per heavy atom. The number of aromatic nitrogens is 2. The van der Waals surface area contributed by atoms with Crippen LogP contribution in [0.25, 0.3) is 0 Å². The molecule has 1 heterocycles. The van der Waals surface area contributed by atoms with Crippen molar-refractivity contribution in [2.75, 3.05) is 14.2 Å². The molecule has 0 aliphatic heterocycles. The number of nitrogens with two attached hydrogens (primary N) is 1. The van der Waals surface area contributed by atoms with Crippen LogP contribution in [0.2, 0.25) is 0 Å². The number of hydrazine groups is 1. The van der Waals surface area contributed by atoms with E-state index in [-0.39, 0.29) is 6.04 Å². The van der Waals surface area contributed by atoms with Gasteiger partial charge in [-0.3, -0.25) is 11.3 Å². The van der Waals surface area contributed by atoms with Crippen molar-refractivity contribution in [1.82, 2.24) is 15.4 Å². The minimum Gasteiger partial charge on any atom is -0.480 e. The van der Waals surface area contributed by atoms with Gasteiger partial charge >= 0.3 is 0 Å². The molecule has 2 atom stereocenters. The zero-order valence-electron chi connectivity index (χ0n) is 10.7. The predicted molar refractivity (Wildman–Crippen MR) is 64.7 cm³/mol. The van der Waals surface area contributed by atoms with Crippen molar-refractivity contribution in [3.05, 3.63) is 11.9 Å². The van der Waals surface area contributed by atoms with Gasteiger partial charge in [-0.15, -0.1) is 0 Å². The van der Waals surface area contributed by atoms with Crippen LogP contribution in [0.1, 0.15) is 32.0 Å². The van der Waals surface area contributed by atoms with Gasteiger partial charge in [0.15, 0.2) is 0 Å². The van der Waals surface area contributed by atoms with E-state index in [9.17, 15) is 0 Å². The second-order valence-electron chi connectivity index (χ2n) is 3.84. The molecule has 0 radical (unpaired) electrons. The summed E-state index contributed by atoms with van der Waals surface area (Å²) < 4.78 is 10.2. The summed E-state index contributed by atoms with van der Waals surface area (Å²) in [4.78, 5) is 8.50. The summed E-state index contributed by atoms with van der Waals surface area (Å²) in [5, 5.41) is 0. The third-order valence-corrected chi connectivity index (χ3v) is 2.83. The van der Waals surface area contributed by atoms with Gasteiger partial charge in [-0.25, -0.2) is 4.98 Å². The molecule has 0 aromatic carbocycles. The first-order valence-corrected chi connectivity index (χ1v) is 5.58. The average molecular weight is 240 g/mol. The quantitative estimate of drug-likeness (QED) is 0.571. The molecule has 96 valence electrons. The van der Waals surface area contributed by atoms with Crippen LogP contribution in [0.5, 0.6) is 11.8 Å². The highest BCUT2D eigenvalue weighted by molar-refractivity contribution is 5.26. The fraction of sp³-hybridized carbons (Fsp3) is 0.636. The molecular weight excluding hydrogens is 220 g/mol. The fourth-order valence-corrected chi connectivity index (χ4v) is 1.58. The Hall–Kier alpha value is -1.40. The van der Waals surface area contributed by atoms with Crippen LogP contribution in [-0.4, -0.2) is 24.2 Å². The molecular formula is C11H20N4O2. The van der Waals surface area contributed by atoms with Crippen molar-refractivity contribution in [1.29, 1.82) is 0 Å². The van der Waals surface area contributed by atoms with Crippen molar-refractivity contribution in [2.24, 2.45) is 11.8 Å². The normalized spacial score (nSPS) is 14.2. The van der Waals surface area contributed by atoms with E-state index >= 15 is 0 Å². The molecule has 3 N–H and O–H groups in total. The predicted octanol–water partition coefficient (Wildman–Crippen LogP) is 1.04. The zero-order valence-corrected chi connectivity index (χ0v) is 10.7. The maximum Gasteiger partial charge on any atom is 0.240 e. The summed E-state index contributed by atoms with van der Waals surface area (Å²) in [6.07, 6.45) is 2.54. The molecule has 1 aromatic rings. The van der Waals surface area contributed by atoms with E-state index in [1.165, 1.54) is 7.11 Å². The van der Waals surface area contributed by atoms with E-state index in [1.807, 2.05) is 0 Å². The summed E-state index contributed by atoms with van der Waals surface area (Å²) in [5.74, 6) is 6.76. The van der Waals surface area contributed by atoms with Crippen molar-refractivity contribution in [3.8, 4) is 11.8 Å². The molecule has 0 saturated carbocycles. The minimum absolute atomic E-state index is 0.0895. The fourth-order valence-electron chi connectivity index (χ4n) is 1.58. The molecule has 17 heavy (non-hydrogen) atoms. The van der Waals surface area contributed by atoms with Gasteiger partial charge in [-0.2, -0.15) is 4.98 Å². The van der Waals surface area contributed by atoms with E-state index < -0.39 is 0 Å². The summed E-state index contributed by atoms with van der Waals surface area (Å²) in [7, 11) is 3.09. The lowest BCUT2D eigenvalue weighted by molar-refractivity contribution is 0.325. The summed E-state index contributed by atoms with van der Waals surface area (Å²) in [6.45, 7) is 4.19. The Morgan fingerprint density at radius 2 is 2.12 bits per heavy atom. The average Bonchev–Trinajstić information content (AvgIpc) is 2.39. The Bertz CT molecular complexity index is 359. The second kappa shape index (κ2) is 6.36. The molecule has 0 bridgehead atoms. The third-order valence-electron chi connectivity index (χ3n) is 2.83. The molecule has 0 spiro atoms. The first-order valence-electron chi connectivity index (χ1n) is 5.58. The largest absolute Gasteiger partial charge is 0.480 e. The van der Waals surface area contributed by atoms with Crippen molar-refractivity contribution in [3.63, 3.8) is 0 Å². The van der Waals surface area contributed by atoms with Crippen LogP contribution in [0.3, 0.4) is 0 Å². The summed E-state index contributed by atoms with van der Waals surface area (Å²) in [6, 6.07) is -0.0895. The smallest absolute Gasteiger partial charge is 0.240 e. The highest BCUT2D eigenvalue weighted by Crippen LogP contribution is 2.29. The lowest BCUT2D eigenvalue weighted by Gasteiger charge is -2.22. The number of ether oxygens (including phenoxy) is 2. The maximum atomic E-state index is 5.57. The van der Waals surface area contributed by atoms with Gasteiger partial charge in [0.05, 0.1) is 26.5 Å². The molecule has 1 rings (SSSR count). The van der Waals surface area contributed by atoms with Crippen LogP contribution in [0.15, 0.2) is 6.20 Å². The minimum atomic E-state index is -0.0895. The van der Waals surface area contributed by atoms with Crippen molar-refractivity contribution < 1.29 is 9.47 Å². The number of hydrogen-bond donors (Lipinski definition) is 2. The number of methoxy groups -OCH3 is 2. The first kappa shape index (κ1) is 13.7. The van der Waals surface area contributed by atoms with Crippen LogP contribution >= 0.6 is 0 Å². The SMILES string of the molecule is CCC(C)C(NN)c1ncc(OC)nc1OC. The van der Waals surface area contributed by atoms with E-state index in [4.69, 9.17) is 15.3 Å². The van der Waals surface area contributed by atoms with Gasteiger partial charge in [0.1, 0.15) is 5.69 Å². The molecule has 6 heteroatoms. The number of rotatable bonds is 6. The molecule has 0 aliphatic carbocycles. The van der Waals surface area contributed by atoms with Gasteiger partial charge < -0.3 is 9.47 Å². The van der Waals surface area contributed by atoms with Crippen molar-refractivity contribution >= 4 is 0 Å². The van der Waals surface area contributed by atoms with Gasteiger partial charge in [0, 0.05) is 0 Å². The van der Waals surface area contributed by atoms with Gasteiger partial charge in [-0.05, 0) is 5.92 Å². The van der Waals surface area contributed by atoms with Crippen LogP contribution in [0.4, 0.5) is 0 Å². The molecule has 0 aliphatic rings. The molecule has 0 saturated heterocycles. The van der Waals surface area contributed by atoms with E-state index in [0.29, 0.717) is 23.4 Å². The van der Waals surface area contributed by atoms with E-state index in [0.717, 1.165) is 6.42 Å². The monoisotopic (exact) mass is 240 g/mol. The second-order valence-corrected chi connectivity index (χ2v) is 3.84. The van der Waals surface area contributed by atoms with E-state index in [1.54, 1.807) is 13.3 Å². The third kappa shape index (κ3) is 3.04. The van der Waals surface area contributed by atoms with Crippen LogP contribution < -0.4 is 20.7 Å². The lowest BCUT2D eigenvalue weighted by atomic mass is 9.97. The molecule has 6 nitrogen and oxygen atoms in total. The van der Waals surface area contributed by atoms with Crippen molar-refractivity contribution in [2.45, 2.75) is 26.3 Å². The number of nitrogens with zero attached hydrogens (tertiary/aromatic N) is 2. The number of nitrogens with one attached hydrogen (secondary N) is 1. The zero-order chi connectivity index (χ0) is 12.8. The highest BCUT2D eigenvalue weighted by atomic mass is 16.5. The Labute approximate surface area is 102 Å². The van der Waals surface area contributed by atoms with Gasteiger partial charge in [0.2, 0.25) is 11.8 Å². The lowest BCUT2D eigenvalue weighted by Crippen LogP contribution is -2.33. The highest BCUT2D eigenvalue weighted by Gasteiger charge is 2.23. The molecule has 2 unspecified atom stereocenters. The molecule has 0 fully saturated rings. The summed E-state index contributed by atoms with van der Waals surface area (Å²) >= 11 is 0. The Balaban J connectivity index is 3.10. The standard InChI is InChI=1S/C11H20N4O2/c1-5-7(2)9(15-12)10-11(17-4)14-8(16-3)6-13-10/h6-7,9,15H,5,12H2,1-4H3. The molecule has 0 amide bonds. The van der Waals surface area contributed by atoms with Gasteiger partial charge in [0.25, 0.3) is 0 Å². The summed E-state index contributed by atoms with van der Waals surface area (Å²) in [5.41, 5.74) is 3.46. The van der Waals surface area contributed by atoms with E-state index in [2.05, 4.69) is 29.2 Å². The van der Waals surface area contributed by atoms with Crippen LogP contribution in [0, 0.1) is 5.92 Å². The first-order chi connectivity index (χ1) is 8.17. The Morgan fingerprint density at radius 3 is 2.59 bits per heavy atom. The topological polar surface area (TPSA) is 82.3 Å². The van der Waals surface area contributed by atoms with Crippen LogP contribution in [-0.2, 0) is 0 Å². The molecule has 1 aromatic heterocycles.